The molecule has 0 aliphatic rings. The molecule has 8 heteroatoms. The Balaban J connectivity index is 1.76. The molecule has 0 bridgehead atoms. The molecule has 0 spiro atoms. The molecule has 2 aromatic heterocycles. The van der Waals surface area contributed by atoms with Crippen LogP contribution in [0.25, 0.3) is 0 Å². The van der Waals surface area contributed by atoms with Gasteiger partial charge in [0.1, 0.15) is 0 Å². The molecule has 1 aromatic carbocycles. The van der Waals surface area contributed by atoms with E-state index in [2.05, 4.69) is 10.4 Å². The first kappa shape index (κ1) is 17.9. The summed E-state index contributed by atoms with van der Waals surface area (Å²) in [5, 5.41) is 17.2. The Morgan fingerprint density at radius 3 is 2.81 bits per heavy atom. The maximum atomic E-state index is 12.2. The average Bonchev–Trinajstić information content (AvgIpc) is 3.03. The molecular formula is C18H17ClN4O3. The van der Waals surface area contributed by atoms with Gasteiger partial charge in [0, 0.05) is 36.1 Å². The van der Waals surface area contributed by atoms with Gasteiger partial charge in [0.15, 0.2) is 6.10 Å². The molecule has 7 nitrogen and oxygen atoms in total. The highest BCUT2D eigenvalue weighted by Gasteiger charge is 2.19. The molecule has 1 amide bonds. The summed E-state index contributed by atoms with van der Waals surface area (Å²) < 4.78 is 2.95. The zero-order chi connectivity index (χ0) is 18.7. The number of rotatable bonds is 5. The van der Waals surface area contributed by atoms with Crippen LogP contribution in [0.3, 0.4) is 0 Å². The Labute approximate surface area is 154 Å². The minimum Gasteiger partial charge on any atom is -0.378 e. The van der Waals surface area contributed by atoms with Gasteiger partial charge >= 0.3 is 0 Å². The number of carbonyl (C=O) groups is 1. The van der Waals surface area contributed by atoms with Crippen molar-refractivity contribution in [3.8, 4) is 0 Å². The van der Waals surface area contributed by atoms with E-state index in [-0.39, 0.29) is 5.56 Å². The second-order valence-corrected chi connectivity index (χ2v) is 6.29. The van der Waals surface area contributed by atoms with Gasteiger partial charge in [-0.1, -0.05) is 23.7 Å². The zero-order valence-electron chi connectivity index (χ0n) is 14.0. The Morgan fingerprint density at radius 2 is 2.12 bits per heavy atom. The summed E-state index contributed by atoms with van der Waals surface area (Å²) in [4.78, 5) is 24.3. The molecule has 0 saturated carbocycles. The maximum Gasteiger partial charge on any atom is 0.258 e. The van der Waals surface area contributed by atoms with Gasteiger partial charge in [-0.15, -0.1) is 0 Å². The molecule has 0 fully saturated rings. The van der Waals surface area contributed by atoms with Crippen LogP contribution in [-0.4, -0.2) is 25.4 Å². The predicted molar refractivity (Wildman–Crippen MR) is 98.1 cm³/mol. The molecule has 1 unspecified atom stereocenters. The van der Waals surface area contributed by atoms with Crippen molar-refractivity contribution in [1.82, 2.24) is 14.3 Å². The first-order valence-corrected chi connectivity index (χ1v) is 8.22. The standard InChI is InChI=1S/C18H17ClN4O3/c1-22-10-13(8-20-22)17(25)18(26)21-15-5-6-16(24)23(11-15)9-12-3-2-4-14(19)7-12/h2-8,10-11,17,25H,9H2,1H3,(H,21,26). The van der Waals surface area contributed by atoms with Crippen molar-refractivity contribution in [2.45, 2.75) is 12.6 Å². The molecule has 26 heavy (non-hydrogen) atoms. The van der Waals surface area contributed by atoms with E-state index in [9.17, 15) is 14.7 Å². The summed E-state index contributed by atoms with van der Waals surface area (Å²) in [6.45, 7) is 0.314. The highest BCUT2D eigenvalue weighted by Crippen LogP contribution is 2.15. The Morgan fingerprint density at radius 1 is 1.31 bits per heavy atom. The van der Waals surface area contributed by atoms with Crippen LogP contribution in [0.2, 0.25) is 5.02 Å². The van der Waals surface area contributed by atoms with Crippen LogP contribution in [0.5, 0.6) is 0 Å². The van der Waals surface area contributed by atoms with Crippen LogP contribution >= 0.6 is 11.6 Å². The first-order valence-electron chi connectivity index (χ1n) is 7.85. The molecule has 0 aliphatic heterocycles. The third-order valence-electron chi connectivity index (χ3n) is 3.78. The van der Waals surface area contributed by atoms with E-state index < -0.39 is 12.0 Å². The number of aryl methyl sites for hydroxylation is 1. The second-order valence-electron chi connectivity index (χ2n) is 5.85. The van der Waals surface area contributed by atoms with E-state index in [0.717, 1.165) is 5.56 Å². The van der Waals surface area contributed by atoms with Crippen LogP contribution in [-0.2, 0) is 18.4 Å². The van der Waals surface area contributed by atoms with Gasteiger partial charge < -0.3 is 15.0 Å². The fourth-order valence-corrected chi connectivity index (χ4v) is 2.72. The summed E-state index contributed by atoms with van der Waals surface area (Å²) in [7, 11) is 1.69. The van der Waals surface area contributed by atoms with E-state index >= 15 is 0 Å². The molecule has 2 N–H and O–H groups in total. The molecule has 0 saturated heterocycles. The van der Waals surface area contributed by atoms with E-state index in [1.54, 1.807) is 31.4 Å². The Bertz CT molecular complexity index is 996. The number of anilines is 1. The minimum absolute atomic E-state index is 0.212. The number of amides is 1. The smallest absolute Gasteiger partial charge is 0.258 e. The van der Waals surface area contributed by atoms with Crippen molar-refractivity contribution in [1.29, 1.82) is 0 Å². The van der Waals surface area contributed by atoms with Crippen LogP contribution in [0.1, 0.15) is 17.2 Å². The molecule has 0 radical (unpaired) electrons. The zero-order valence-corrected chi connectivity index (χ0v) is 14.7. The first-order chi connectivity index (χ1) is 12.4. The van der Waals surface area contributed by atoms with Crippen molar-refractivity contribution in [3.63, 3.8) is 0 Å². The average molecular weight is 373 g/mol. The van der Waals surface area contributed by atoms with Gasteiger partial charge in [-0.2, -0.15) is 5.10 Å². The summed E-state index contributed by atoms with van der Waals surface area (Å²) >= 11 is 5.97. The number of halogens is 1. The van der Waals surface area contributed by atoms with E-state index in [4.69, 9.17) is 11.6 Å². The lowest BCUT2D eigenvalue weighted by Crippen LogP contribution is -2.24. The van der Waals surface area contributed by atoms with Gasteiger partial charge in [0.25, 0.3) is 11.5 Å². The number of hydrogen-bond acceptors (Lipinski definition) is 4. The Hall–Kier alpha value is -2.90. The predicted octanol–water partition coefficient (Wildman–Crippen LogP) is 1.96. The second kappa shape index (κ2) is 7.55. The van der Waals surface area contributed by atoms with Crippen LogP contribution < -0.4 is 10.9 Å². The van der Waals surface area contributed by atoms with E-state index in [1.165, 1.54) is 33.8 Å². The summed E-state index contributed by atoms with van der Waals surface area (Å²) in [5.74, 6) is -0.606. The van der Waals surface area contributed by atoms with Gasteiger partial charge in [0.05, 0.1) is 18.4 Å². The van der Waals surface area contributed by atoms with E-state index in [1.807, 2.05) is 6.07 Å². The van der Waals surface area contributed by atoms with Crippen molar-refractivity contribution in [2.75, 3.05) is 5.32 Å². The molecular weight excluding hydrogens is 356 g/mol. The van der Waals surface area contributed by atoms with E-state index in [0.29, 0.717) is 22.8 Å². The molecule has 1 atom stereocenters. The topological polar surface area (TPSA) is 89.2 Å². The van der Waals surface area contributed by atoms with Crippen molar-refractivity contribution >= 4 is 23.2 Å². The number of carbonyl (C=O) groups excluding carboxylic acids is 1. The third-order valence-corrected chi connectivity index (χ3v) is 4.02. The molecule has 2 heterocycles. The third kappa shape index (κ3) is 4.19. The van der Waals surface area contributed by atoms with Gasteiger partial charge in [-0.3, -0.25) is 14.3 Å². The summed E-state index contributed by atoms with van der Waals surface area (Å²) in [6.07, 6.45) is 3.16. The quantitative estimate of drug-likeness (QED) is 0.716. The highest BCUT2D eigenvalue weighted by molar-refractivity contribution is 6.30. The molecule has 0 aliphatic carbocycles. The lowest BCUT2D eigenvalue weighted by molar-refractivity contribution is -0.124. The number of hydrogen-bond donors (Lipinski definition) is 2. The Kier molecular flexibility index (Phi) is 5.20. The number of pyridine rings is 1. The lowest BCUT2D eigenvalue weighted by Gasteiger charge is -2.12. The fourth-order valence-electron chi connectivity index (χ4n) is 2.50. The van der Waals surface area contributed by atoms with Crippen molar-refractivity contribution in [3.05, 3.63) is 81.5 Å². The normalized spacial score (nSPS) is 12.0. The molecule has 3 rings (SSSR count). The van der Waals surface area contributed by atoms with Gasteiger partial charge in [-0.25, -0.2) is 0 Å². The minimum atomic E-state index is -1.35. The van der Waals surface area contributed by atoms with Gasteiger partial charge in [-0.05, 0) is 23.8 Å². The maximum absolute atomic E-state index is 12.2. The molecule has 134 valence electrons. The number of benzene rings is 1. The molecule has 3 aromatic rings. The SMILES string of the molecule is Cn1cc(C(O)C(=O)Nc2ccc(=O)n(Cc3cccc(Cl)c3)c2)cn1. The van der Waals surface area contributed by atoms with Crippen molar-refractivity contribution in [2.24, 2.45) is 7.05 Å². The van der Waals surface area contributed by atoms with Crippen LogP contribution in [0, 0.1) is 0 Å². The van der Waals surface area contributed by atoms with Crippen LogP contribution in [0.15, 0.2) is 59.8 Å². The van der Waals surface area contributed by atoms with Gasteiger partial charge in [0.2, 0.25) is 0 Å². The number of aliphatic hydroxyl groups is 1. The largest absolute Gasteiger partial charge is 0.378 e. The number of aromatic nitrogens is 3. The summed E-state index contributed by atoms with van der Waals surface area (Å²) in [6, 6.07) is 10.0. The highest BCUT2D eigenvalue weighted by atomic mass is 35.5. The summed E-state index contributed by atoms with van der Waals surface area (Å²) in [5.41, 5.74) is 1.44. The number of nitrogens with zero attached hydrogens (tertiary/aromatic N) is 3. The lowest BCUT2D eigenvalue weighted by atomic mass is 10.2. The fraction of sp³-hybridized carbons (Fsp3) is 0.167. The van der Waals surface area contributed by atoms with Crippen molar-refractivity contribution < 1.29 is 9.90 Å². The number of aliphatic hydroxyl groups excluding tert-OH is 1. The number of nitrogens with one attached hydrogen (secondary N) is 1. The van der Waals surface area contributed by atoms with Crippen LogP contribution in [0.4, 0.5) is 5.69 Å². The monoisotopic (exact) mass is 372 g/mol.